The molecule has 0 aromatic carbocycles. The van der Waals surface area contributed by atoms with Crippen LogP contribution in [0.3, 0.4) is 0 Å². The van der Waals surface area contributed by atoms with Crippen LogP contribution in [0.5, 0.6) is 0 Å². The summed E-state index contributed by atoms with van der Waals surface area (Å²) < 4.78 is 6.75. The summed E-state index contributed by atoms with van der Waals surface area (Å²) in [6, 6.07) is 5.77. The van der Waals surface area contributed by atoms with Gasteiger partial charge in [0.15, 0.2) is 0 Å². The molecule has 144 valence electrons. The molecule has 1 aliphatic heterocycles. The standard InChI is InChI=1S/C21H27N3O3/c1-15-13-16(2)23(11-12-27-3)20(25)19(15)21(26)24-10-5-4-8-18(24)17-7-6-9-22-14-17/h6-7,9,13-14,18H,4-5,8,10-12H2,1-3H3/t18-/m0/s1. The Hall–Kier alpha value is -2.47. The summed E-state index contributed by atoms with van der Waals surface area (Å²) in [5, 5.41) is 0. The van der Waals surface area contributed by atoms with Gasteiger partial charge >= 0.3 is 0 Å². The van der Waals surface area contributed by atoms with Gasteiger partial charge in [-0.3, -0.25) is 14.6 Å². The molecule has 2 aromatic rings. The first kappa shape index (κ1) is 19.3. The average Bonchev–Trinajstić information content (AvgIpc) is 2.68. The molecule has 2 aromatic heterocycles. The van der Waals surface area contributed by atoms with Gasteiger partial charge in [-0.2, -0.15) is 0 Å². The minimum Gasteiger partial charge on any atom is -0.383 e. The molecule has 3 heterocycles. The Morgan fingerprint density at radius 3 is 2.85 bits per heavy atom. The summed E-state index contributed by atoms with van der Waals surface area (Å²) in [5.74, 6) is -0.183. The number of hydrogen-bond acceptors (Lipinski definition) is 4. The van der Waals surface area contributed by atoms with Gasteiger partial charge in [-0.05, 0) is 56.4 Å². The molecule has 1 saturated heterocycles. The number of aromatic nitrogens is 2. The maximum Gasteiger partial charge on any atom is 0.263 e. The molecular weight excluding hydrogens is 342 g/mol. The van der Waals surface area contributed by atoms with Crippen molar-refractivity contribution < 1.29 is 9.53 Å². The monoisotopic (exact) mass is 369 g/mol. The number of carbonyl (C=O) groups excluding carboxylic acids is 1. The van der Waals surface area contributed by atoms with Gasteiger partial charge in [0, 0.05) is 38.3 Å². The molecule has 6 heteroatoms. The van der Waals surface area contributed by atoms with Crippen molar-refractivity contribution in [1.82, 2.24) is 14.5 Å². The van der Waals surface area contributed by atoms with Crippen molar-refractivity contribution >= 4 is 5.91 Å². The van der Waals surface area contributed by atoms with Crippen LogP contribution in [0.15, 0.2) is 35.4 Å². The fraction of sp³-hybridized carbons (Fsp3) is 0.476. The fourth-order valence-corrected chi connectivity index (χ4v) is 3.89. The third-order valence-corrected chi connectivity index (χ3v) is 5.27. The molecule has 6 nitrogen and oxygen atoms in total. The fourth-order valence-electron chi connectivity index (χ4n) is 3.89. The van der Waals surface area contributed by atoms with Crippen LogP contribution < -0.4 is 5.56 Å². The Kier molecular flexibility index (Phi) is 6.06. The molecule has 0 aliphatic carbocycles. The van der Waals surface area contributed by atoms with E-state index in [0.717, 1.165) is 36.1 Å². The minimum atomic E-state index is -0.231. The lowest BCUT2D eigenvalue weighted by atomic mass is 9.95. The smallest absolute Gasteiger partial charge is 0.263 e. The highest BCUT2D eigenvalue weighted by molar-refractivity contribution is 5.95. The second-order valence-electron chi connectivity index (χ2n) is 7.09. The van der Waals surface area contributed by atoms with Gasteiger partial charge in [-0.25, -0.2) is 0 Å². The van der Waals surface area contributed by atoms with Crippen molar-refractivity contribution in [3.05, 3.63) is 63.3 Å². The molecule has 27 heavy (non-hydrogen) atoms. The molecule has 1 aliphatic rings. The highest BCUT2D eigenvalue weighted by atomic mass is 16.5. The Morgan fingerprint density at radius 1 is 1.33 bits per heavy atom. The molecule has 0 spiro atoms. The zero-order valence-corrected chi connectivity index (χ0v) is 16.3. The maximum absolute atomic E-state index is 13.4. The quantitative estimate of drug-likeness (QED) is 0.813. The normalized spacial score (nSPS) is 17.1. The van der Waals surface area contributed by atoms with Gasteiger partial charge in [-0.1, -0.05) is 6.07 Å². The minimum absolute atomic E-state index is 0.0347. The van der Waals surface area contributed by atoms with Crippen LogP contribution in [0.1, 0.15) is 52.5 Å². The van der Waals surface area contributed by atoms with Crippen LogP contribution in [0.4, 0.5) is 0 Å². The van der Waals surface area contributed by atoms with E-state index >= 15 is 0 Å². The second-order valence-corrected chi connectivity index (χ2v) is 7.09. The van der Waals surface area contributed by atoms with Gasteiger partial charge in [0.2, 0.25) is 0 Å². The summed E-state index contributed by atoms with van der Waals surface area (Å²) >= 11 is 0. The number of likely N-dealkylation sites (tertiary alicyclic amines) is 1. The zero-order chi connectivity index (χ0) is 19.4. The van der Waals surface area contributed by atoms with Crippen molar-refractivity contribution in [3.8, 4) is 0 Å². The molecular formula is C21H27N3O3. The van der Waals surface area contributed by atoms with E-state index in [2.05, 4.69) is 4.98 Å². The van der Waals surface area contributed by atoms with Crippen LogP contribution in [0, 0.1) is 13.8 Å². The van der Waals surface area contributed by atoms with Gasteiger partial charge in [0.25, 0.3) is 11.5 Å². The number of aryl methyl sites for hydroxylation is 2. The van der Waals surface area contributed by atoms with Crippen molar-refractivity contribution in [2.24, 2.45) is 0 Å². The Balaban J connectivity index is 2.00. The third kappa shape index (κ3) is 3.95. The number of piperidine rings is 1. The van der Waals surface area contributed by atoms with E-state index in [1.54, 1.807) is 17.9 Å². The molecule has 0 unspecified atom stereocenters. The number of methoxy groups -OCH3 is 1. The summed E-state index contributed by atoms with van der Waals surface area (Å²) in [7, 11) is 1.60. The van der Waals surface area contributed by atoms with Crippen molar-refractivity contribution in [2.75, 3.05) is 20.3 Å². The lowest BCUT2D eigenvalue weighted by Crippen LogP contribution is -2.42. The van der Waals surface area contributed by atoms with Crippen LogP contribution in [-0.2, 0) is 11.3 Å². The number of rotatable bonds is 5. The number of carbonyl (C=O) groups is 1. The summed E-state index contributed by atoms with van der Waals surface area (Å²) in [6.07, 6.45) is 6.45. The Labute approximate surface area is 159 Å². The van der Waals surface area contributed by atoms with Crippen LogP contribution in [-0.4, -0.2) is 40.6 Å². The van der Waals surface area contributed by atoms with E-state index < -0.39 is 0 Å². The molecule has 0 radical (unpaired) electrons. The second kappa shape index (κ2) is 8.48. The van der Waals surface area contributed by atoms with Crippen LogP contribution >= 0.6 is 0 Å². The summed E-state index contributed by atoms with van der Waals surface area (Å²) in [5.41, 5.74) is 2.63. The average molecular weight is 369 g/mol. The van der Waals surface area contributed by atoms with E-state index in [9.17, 15) is 9.59 Å². The highest BCUT2D eigenvalue weighted by Gasteiger charge is 2.31. The molecule has 0 saturated carbocycles. The van der Waals surface area contributed by atoms with E-state index in [1.807, 2.05) is 43.1 Å². The summed E-state index contributed by atoms with van der Waals surface area (Å²) in [6.45, 7) is 5.25. The van der Waals surface area contributed by atoms with Gasteiger partial charge in [0.1, 0.15) is 5.56 Å². The topological polar surface area (TPSA) is 64.4 Å². The van der Waals surface area contributed by atoms with E-state index in [4.69, 9.17) is 4.74 Å². The van der Waals surface area contributed by atoms with E-state index in [-0.39, 0.29) is 23.1 Å². The molecule has 1 atom stereocenters. The zero-order valence-electron chi connectivity index (χ0n) is 16.3. The number of pyridine rings is 2. The highest BCUT2D eigenvalue weighted by Crippen LogP contribution is 2.31. The lowest BCUT2D eigenvalue weighted by Gasteiger charge is -2.36. The van der Waals surface area contributed by atoms with Gasteiger partial charge < -0.3 is 14.2 Å². The number of hydrogen-bond donors (Lipinski definition) is 0. The first-order valence-corrected chi connectivity index (χ1v) is 9.45. The summed E-state index contributed by atoms with van der Waals surface area (Å²) in [4.78, 5) is 32.6. The van der Waals surface area contributed by atoms with Crippen LogP contribution in [0.25, 0.3) is 0 Å². The van der Waals surface area contributed by atoms with E-state index in [1.165, 1.54) is 0 Å². The van der Waals surface area contributed by atoms with Crippen molar-refractivity contribution in [2.45, 2.75) is 45.7 Å². The maximum atomic E-state index is 13.4. The third-order valence-electron chi connectivity index (χ3n) is 5.27. The number of ether oxygens (including phenoxy) is 1. The molecule has 1 amide bonds. The molecule has 1 fully saturated rings. The van der Waals surface area contributed by atoms with Crippen molar-refractivity contribution in [1.29, 1.82) is 0 Å². The van der Waals surface area contributed by atoms with E-state index in [0.29, 0.717) is 19.7 Å². The number of nitrogens with zero attached hydrogens (tertiary/aromatic N) is 3. The van der Waals surface area contributed by atoms with Gasteiger partial charge in [-0.15, -0.1) is 0 Å². The largest absolute Gasteiger partial charge is 0.383 e. The SMILES string of the molecule is COCCn1c(C)cc(C)c(C(=O)N2CCCC[C@H]2c2cccnc2)c1=O. The Bertz CT molecular complexity index is 861. The first-order chi connectivity index (χ1) is 13.0. The predicted octanol–water partition coefficient (Wildman–Crippen LogP) is 2.87. The molecule has 3 rings (SSSR count). The van der Waals surface area contributed by atoms with Gasteiger partial charge in [0.05, 0.1) is 12.6 Å². The first-order valence-electron chi connectivity index (χ1n) is 9.45. The van der Waals surface area contributed by atoms with Crippen molar-refractivity contribution in [3.63, 3.8) is 0 Å². The number of amides is 1. The molecule has 0 N–H and O–H groups in total. The Morgan fingerprint density at radius 2 is 2.15 bits per heavy atom. The lowest BCUT2D eigenvalue weighted by molar-refractivity contribution is 0.0607. The predicted molar refractivity (Wildman–Crippen MR) is 104 cm³/mol. The van der Waals surface area contributed by atoms with Crippen LogP contribution in [0.2, 0.25) is 0 Å². The molecule has 0 bridgehead atoms.